The lowest BCUT2D eigenvalue weighted by Gasteiger charge is -2.48. The molecule has 4 atom stereocenters. The molecular formula is C57H50FNO9. The van der Waals surface area contributed by atoms with E-state index in [4.69, 9.17) is 18.9 Å². The summed E-state index contributed by atoms with van der Waals surface area (Å²) in [5, 5.41) is 9.90. The normalized spacial score (nSPS) is 14.8. The SMILES string of the molecule is CC(=O)O[C@@H](CC[C@H]1C(=O)N(c2ccc(C#CC(CO)OCc3ccccc3)cc2)[C@@H]1c1ccc(C#CCC(C(=O)OCc2ccccc2)C(=O)OCc2ccccc2)cc1)c1ccc(F)cc1. The van der Waals surface area contributed by atoms with Crippen LogP contribution in [-0.2, 0) is 57.9 Å². The molecule has 0 radical (unpaired) electrons. The summed E-state index contributed by atoms with van der Waals surface area (Å²) in [5.74, 6) is 7.79. The van der Waals surface area contributed by atoms with Gasteiger partial charge in [0.1, 0.15) is 31.2 Å². The molecule has 1 fully saturated rings. The number of nitrogens with zero attached hydrogens (tertiary/aromatic N) is 1. The zero-order valence-corrected chi connectivity index (χ0v) is 37.5. The zero-order valence-electron chi connectivity index (χ0n) is 37.5. The summed E-state index contributed by atoms with van der Waals surface area (Å²) in [6.07, 6.45) is -0.866. The van der Waals surface area contributed by atoms with E-state index < -0.39 is 53.8 Å². The molecule has 1 unspecified atom stereocenters. The Morgan fingerprint density at radius 3 is 1.75 bits per heavy atom. The van der Waals surface area contributed by atoms with Crippen molar-refractivity contribution in [1.29, 1.82) is 0 Å². The van der Waals surface area contributed by atoms with Gasteiger partial charge in [0, 0.05) is 30.2 Å². The van der Waals surface area contributed by atoms with Crippen LogP contribution >= 0.6 is 0 Å². The highest BCUT2D eigenvalue weighted by atomic mass is 19.1. The van der Waals surface area contributed by atoms with Crippen LogP contribution in [0, 0.1) is 41.3 Å². The molecule has 10 nitrogen and oxygen atoms in total. The van der Waals surface area contributed by atoms with Crippen molar-refractivity contribution in [2.24, 2.45) is 11.8 Å². The van der Waals surface area contributed by atoms with Crippen LogP contribution in [0.5, 0.6) is 0 Å². The van der Waals surface area contributed by atoms with Crippen LogP contribution in [-0.4, -0.2) is 41.6 Å². The molecule has 1 heterocycles. The quantitative estimate of drug-likeness (QED) is 0.0295. The maximum atomic E-state index is 14.1. The minimum Gasteiger partial charge on any atom is -0.460 e. The Balaban J connectivity index is 1.08. The first kappa shape index (κ1) is 48.1. The first-order chi connectivity index (χ1) is 33.1. The van der Waals surface area contributed by atoms with E-state index in [1.165, 1.54) is 19.1 Å². The van der Waals surface area contributed by atoms with Crippen LogP contribution in [0.25, 0.3) is 0 Å². The Hall–Kier alpha value is -7.83. The van der Waals surface area contributed by atoms with Crippen LogP contribution in [0.15, 0.2) is 164 Å². The largest absolute Gasteiger partial charge is 0.460 e. The molecule has 6 aromatic carbocycles. The number of hydrogen-bond donors (Lipinski definition) is 1. The first-order valence-electron chi connectivity index (χ1n) is 22.3. The third-order valence-electron chi connectivity index (χ3n) is 11.3. The number of aliphatic hydroxyl groups is 1. The Morgan fingerprint density at radius 2 is 1.21 bits per heavy atom. The van der Waals surface area contributed by atoms with E-state index in [9.17, 15) is 28.7 Å². The molecule has 1 aliphatic heterocycles. The van der Waals surface area contributed by atoms with Crippen molar-refractivity contribution in [3.63, 3.8) is 0 Å². The van der Waals surface area contributed by atoms with Crippen LogP contribution in [0.1, 0.15) is 77.3 Å². The summed E-state index contributed by atoms with van der Waals surface area (Å²) in [7, 11) is 0. The fourth-order valence-electron chi connectivity index (χ4n) is 7.72. The highest BCUT2D eigenvalue weighted by Crippen LogP contribution is 2.46. The molecule has 0 bridgehead atoms. The number of rotatable bonds is 18. The molecule has 0 aromatic heterocycles. The monoisotopic (exact) mass is 911 g/mol. The minimum atomic E-state index is -1.28. The molecule has 7 rings (SSSR count). The van der Waals surface area contributed by atoms with Crippen LogP contribution in [0.2, 0.25) is 0 Å². The van der Waals surface area contributed by atoms with E-state index in [-0.39, 0.29) is 32.1 Å². The van der Waals surface area contributed by atoms with Gasteiger partial charge in [0.05, 0.1) is 25.2 Å². The maximum absolute atomic E-state index is 14.1. The van der Waals surface area contributed by atoms with Crippen molar-refractivity contribution in [2.45, 2.75) is 64.3 Å². The molecule has 1 saturated heterocycles. The second kappa shape index (κ2) is 24.1. The molecule has 68 heavy (non-hydrogen) atoms. The number of hydrogen-bond acceptors (Lipinski definition) is 9. The van der Waals surface area contributed by atoms with Gasteiger partial charge >= 0.3 is 17.9 Å². The number of benzene rings is 6. The lowest BCUT2D eigenvalue weighted by molar-refractivity contribution is -0.163. The number of carbonyl (C=O) groups is 4. The number of ether oxygens (including phenoxy) is 4. The average Bonchev–Trinajstić information content (AvgIpc) is 3.37. The van der Waals surface area contributed by atoms with E-state index in [1.807, 2.05) is 127 Å². The average molecular weight is 912 g/mol. The maximum Gasteiger partial charge on any atom is 0.321 e. The van der Waals surface area contributed by atoms with Crippen molar-refractivity contribution in [3.8, 4) is 23.7 Å². The molecule has 0 saturated carbocycles. The topological polar surface area (TPSA) is 129 Å². The molecule has 1 amide bonds. The lowest BCUT2D eigenvalue weighted by atomic mass is 9.78. The minimum absolute atomic E-state index is 0.0103. The Morgan fingerprint density at radius 1 is 0.676 bits per heavy atom. The van der Waals surface area contributed by atoms with Crippen molar-refractivity contribution >= 4 is 29.5 Å². The van der Waals surface area contributed by atoms with Crippen LogP contribution in [0.4, 0.5) is 10.1 Å². The highest BCUT2D eigenvalue weighted by molar-refractivity contribution is 6.03. The predicted octanol–water partition coefficient (Wildman–Crippen LogP) is 9.39. The lowest BCUT2D eigenvalue weighted by Crippen LogP contribution is -2.55. The van der Waals surface area contributed by atoms with Gasteiger partial charge in [-0.1, -0.05) is 139 Å². The van der Waals surface area contributed by atoms with Crippen molar-refractivity contribution in [3.05, 3.63) is 209 Å². The molecular weight excluding hydrogens is 862 g/mol. The third kappa shape index (κ3) is 13.4. The molecule has 1 N–H and O–H groups in total. The summed E-state index contributed by atoms with van der Waals surface area (Å²) in [5.41, 5.74) is 5.87. The molecule has 11 heteroatoms. The van der Waals surface area contributed by atoms with Crippen LogP contribution in [0.3, 0.4) is 0 Å². The summed E-state index contributed by atoms with van der Waals surface area (Å²) < 4.78 is 36.4. The van der Waals surface area contributed by atoms with Gasteiger partial charge in [0.15, 0.2) is 5.92 Å². The Kier molecular flexibility index (Phi) is 17.0. The van der Waals surface area contributed by atoms with E-state index >= 15 is 0 Å². The number of halogens is 1. The number of aliphatic hydroxyl groups excluding tert-OH is 1. The standard InChI is InChI=1S/C57H50FNO9/c1-40(61)68-53(46-27-29-48(58)30-28-46)35-34-51-54(59(55(51)62)49-31-22-42(23-32-49)24-33-50(36-60)65-37-43-12-5-2-6-13-43)47-25-20-41(21-26-47)18-11-19-52(56(63)66-38-44-14-7-3-8-15-44)57(64)67-39-45-16-9-4-10-17-45/h2-10,12-17,20-23,25-32,50-54,60H,19,34-39H2,1H3/t50?,51-,53+,54-/m1/s1. The summed E-state index contributed by atoms with van der Waals surface area (Å²) >= 11 is 0. The second-order valence-corrected chi connectivity index (χ2v) is 16.1. The Labute approximate surface area is 395 Å². The first-order valence-corrected chi connectivity index (χ1v) is 22.3. The number of anilines is 1. The summed E-state index contributed by atoms with van der Waals surface area (Å²) in [6.45, 7) is 1.32. The Bertz CT molecular complexity index is 2690. The van der Waals surface area contributed by atoms with Gasteiger partial charge in [0.2, 0.25) is 5.91 Å². The van der Waals surface area contributed by atoms with Crippen molar-refractivity contribution < 1.29 is 47.6 Å². The molecule has 344 valence electrons. The summed E-state index contributed by atoms with van der Waals surface area (Å²) in [4.78, 5) is 54.6. The van der Waals surface area contributed by atoms with Crippen molar-refractivity contribution in [1.82, 2.24) is 0 Å². The third-order valence-corrected chi connectivity index (χ3v) is 11.3. The predicted molar refractivity (Wildman–Crippen MR) is 253 cm³/mol. The van der Waals surface area contributed by atoms with Gasteiger partial charge in [-0.25, -0.2) is 4.39 Å². The van der Waals surface area contributed by atoms with E-state index in [2.05, 4.69) is 23.7 Å². The van der Waals surface area contributed by atoms with Gasteiger partial charge in [-0.3, -0.25) is 19.2 Å². The molecule has 1 aliphatic rings. The van der Waals surface area contributed by atoms with Gasteiger partial charge in [-0.2, -0.15) is 0 Å². The number of esters is 3. The molecule has 6 aromatic rings. The van der Waals surface area contributed by atoms with Gasteiger partial charge < -0.3 is 29.0 Å². The highest BCUT2D eigenvalue weighted by Gasteiger charge is 2.48. The number of β-lactam (4-membered cyclic amide) rings is 1. The van der Waals surface area contributed by atoms with E-state index in [1.54, 1.807) is 29.2 Å². The molecule has 0 aliphatic carbocycles. The van der Waals surface area contributed by atoms with E-state index in [0.717, 1.165) is 22.3 Å². The number of carbonyl (C=O) groups excluding carboxylic acids is 4. The second-order valence-electron chi connectivity index (χ2n) is 16.1. The smallest absolute Gasteiger partial charge is 0.321 e. The van der Waals surface area contributed by atoms with Crippen molar-refractivity contribution in [2.75, 3.05) is 11.5 Å². The fourth-order valence-corrected chi connectivity index (χ4v) is 7.72. The zero-order chi connectivity index (χ0) is 47.7. The molecule has 0 spiro atoms. The number of amides is 1. The fraction of sp³-hybridized carbons (Fsp3) is 0.228. The van der Waals surface area contributed by atoms with Gasteiger partial charge in [-0.05, 0) is 89.2 Å². The van der Waals surface area contributed by atoms with Crippen LogP contribution < -0.4 is 4.90 Å². The summed E-state index contributed by atoms with van der Waals surface area (Å²) in [6, 6.07) is 47.9. The van der Waals surface area contributed by atoms with Gasteiger partial charge in [0.25, 0.3) is 0 Å². The van der Waals surface area contributed by atoms with E-state index in [0.29, 0.717) is 41.8 Å². The van der Waals surface area contributed by atoms with Gasteiger partial charge in [-0.15, -0.1) is 0 Å².